The average molecular weight is 226 g/mol. The predicted molar refractivity (Wildman–Crippen MR) is 73.8 cm³/mol. The smallest absolute Gasteiger partial charge is 0.0205 e. The van der Waals surface area contributed by atoms with Crippen molar-refractivity contribution < 1.29 is 0 Å². The third kappa shape index (κ3) is 7.89. The molecule has 0 atom stereocenters. The Kier molecular flexibility index (Phi) is 8.58. The summed E-state index contributed by atoms with van der Waals surface area (Å²) in [6, 6.07) is 0.602. The number of hydrogen-bond donors (Lipinski definition) is 1. The van der Waals surface area contributed by atoms with Crippen molar-refractivity contribution in [3.8, 4) is 0 Å². The molecule has 0 aromatic heterocycles. The van der Waals surface area contributed by atoms with E-state index >= 15 is 0 Å². The minimum absolute atomic E-state index is 0.602. The van der Waals surface area contributed by atoms with Gasteiger partial charge in [-0.15, -0.1) is 0 Å². The quantitative estimate of drug-likeness (QED) is 0.480. The third-order valence-electron chi connectivity index (χ3n) is 2.56. The van der Waals surface area contributed by atoms with Crippen LogP contribution in [0.3, 0.4) is 0 Å². The lowest BCUT2D eigenvalue weighted by Gasteiger charge is -2.29. The molecule has 0 bridgehead atoms. The highest BCUT2D eigenvalue weighted by Gasteiger charge is 2.11. The highest BCUT2D eigenvalue weighted by Crippen LogP contribution is 2.06. The Bertz CT molecular complexity index is 185. The number of hydrogen-bond acceptors (Lipinski definition) is 2. The van der Waals surface area contributed by atoms with Crippen LogP contribution in [-0.2, 0) is 0 Å². The first-order valence-corrected chi connectivity index (χ1v) is 6.58. The van der Waals surface area contributed by atoms with Crippen LogP contribution in [0.1, 0.15) is 41.0 Å². The Morgan fingerprint density at radius 3 is 2.31 bits per heavy atom. The molecule has 0 rings (SSSR count). The van der Waals surface area contributed by atoms with Crippen molar-refractivity contribution in [1.29, 1.82) is 0 Å². The molecule has 1 N–H and O–H groups in total. The fourth-order valence-electron chi connectivity index (χ4n) is 1.71. The van der Waals surface area contributed by atoms with Crippen LogP contribution in [0, 0.1) is 5.92 Å². The maximum Gasteiger partial charge on any atom is 0.0205 e. The van der Waals surface area contributed by atoms with Gasteiger partial charge in [-0.3, -0.25) is 4.90 Å². The molecule has 0 aromatic rings. The lowest BCUT2D eigenvalue weighted by molar-refractivity contribution is 0.213. The largest absolute Gasteiger partial charge is 0.313 e. The van der Waals surface area contributed by atoms with Gasteiger partial charge in [-0.25, -0.2) is 0 Å². The van der Waals surface area contributed by atoms with E-state index in [1.54, 1.807) is 0 Å². The maximum atomic E-state index is 4.15. The zero-order valence-electron chi connectivity index (χ0n) is 11.8. The molecule has 0 aliphatic heterocycles. The Morgan fingerprint density at radius 2 is 1.88 bits per heavy atom. The number of rotatable bonds is 9. The van der Waals surface area contributed by atoms with Crippen LogP contribution in [0.15, 0.2) is 12.2 Å². The molecule has 0 aromatic carbocycles. The van der Waals surface area contributed by atoms with Crippen LogP contribution in [-0.4, -0.2) is 37.1 Å². The van der Waals surface area contributed by atoms with Crippen LogP contribution in [0.25, 0.3) is 0 Å². The Labute approximate surface area is 102 Å². The summed E-state index contributed by atoms with van der Waals surface area (Å²) < 4.78 is 0. The second kappa shape index (κ2) is 8.77. The molecule has 0 aliphatic carbocycles. The van der Waals surface area contributed by atoms with Gasteiger partial charge in [0.05, 0.1) is 0 Å². The normalized spacial score (nSPS) is 11.8. The zero-order valence-corrected chi connectivity index (χ0v) is 11.8. The molecular weight excluding hydrogens is 196 g/mol. The molecule has 0 saturated carbocycles. The fraction of sp³-hybridized carbons (Fsp3) is 0.857. The van der Waals surface area contributed by atoms with Crippen LogP contribution < -0.4 is 5.32 Å². The van der Waals surface area contributed by atoms with Crippen LogP contribution in [0.4, 0.5) is 0 Å². The zero-order chi connectivity index (χ0) is 12.6. The molecular formula is C14H30N2. The molecule has 2 nitrogen and oxygen atoms in total. The summed E-state index contributed by atoms with van der Waals surface area (Å²) in [5.41, 5.74) is 1.29. The second-order valence-corrected chi connectivity index (χ2v) is 5.34. The molecule has 0 amide bonds. The van der Waals surface area contributed by atoms with E-state index in [4.69, 9.17) is 0 Å². The van der Waals surface area contributed by atoms with Crippen molar-refractivity contribution in [2.75, 3.05) is 26.2 Å². The minimum atomic E-state index is 0.602. The van der Waals surface area contributed by atoms with Crippen molar-refractivity contribution in [3.63, 3.8) is 0 Å². The summed E-state index contributed by atoms with van der Waals surface area (Å²) in [7, 11) is 0. The molecule has 0 saturated heterocycles. The highest BCUT2D eigenvalue weighted by atomic mass is 15.1. The van der Waals surface area contributed by atoms with E-state index in [0.29, 0.717) is 6.04 Å². The first kappa shape index (κ1) is 15.7. The third-order valence-corrected chi connectivity index (χ3v) is 2.56. The van der Waals surface area contributed by atoms with Crippen molar-refractivity contribution in [3.05, 3.63) is 12.2 Å². The Balaban J connectivity index is 3.93. The van der Waals surface area contributed by atoms with E-state index in [2.05, 4.69) is 51.4 Å². The van der Waals surface area contributed by atoms with Gasteiger partial charge in [0.15, 0.2) is 0 Å². The van der Waals surface area contributed by atoms with E-state index in [0.717, 1.165) is 32.1 Å². The van der Waals surface area contributed by atoms with Gasteiger partial charge in [0, 0.05) is 25.7 Å². The minimum Gasteiger partial charge on any atom is -0.313 e. The number of nitrogens with zero attached hydrogens (tertiary/aromatic N) is 1. The molecule has 2 heteroatoms. The summed E-state index contributed by atoms with van der Waals surface area (Å²) in [5.74, 6) is 0.721. The topological polar surface area (TPSA) is 15.3 Å². The predicted octanol–water partition coefficient (Wildman–Crippen LogP) is 2.91. The van der Waals surface area contributed by atoms with Gasteiger partial charge >= 0.3 is 0 Å². The fourth-order valence-corrected chi connectivity index (χ4v) is 1.71. The molecule has 0 aliphatic rings. The summed E-state index contributed by atoms with van der Waals surface area (Å²) in [6.07, 6.45) is 1.19. The van der Waals surface area contributed by atoms with Gasteiger partial charge in [0.25, 0.3) is 0 Å². The van der Waals surface area contributed by atoms with E-state index in [1.165, 1.54) is 12.0 Å². The average Bonchev–Trinajstić information content (AvgIpc) is 2.16. The van der Waals surface area contributed by atoms with Gasteiger partial charge in [0.2, 0.25) is 0 Å². The molecule has 0 radical (unpaired) electrons. The van der Waals surface area contributed by atoms with Gasteiger partial charge in [-0.1, -0.05) is 27.4 Å². The second-order valence-electron chi connectivity index (χ2n) is 5.34. The van der Waals surface area contributed by atoms with Crippen molar-refractivity contribution in [2.24, 2.45) is 5.92 Å². The van der Waals surface area contributed by atoms with Gasteiger partial charge in [0.1, 0.15) is 0 Å². The van der Waals surface area contributed by atoms with Crippen LogP contribution in [0.2, 0.25) is 0 Å². The van der Waals surface area contributed by atoms with Crippen molar-refractivity contribution >= 4 is 0 Å². The number of nitrogens with one attached hydrogen (secondary N) is 1. The summed E-state index contributed by atoms with van der Waals surface area (Å²) in [6.45, 7) is 19.6. The first-order chi connectivity index (χ1) is 7.47. The van der Waals surface area contributed by atoms with Crippen LogP contribution in [0.5, 0.6) is 0 Å². The van der Waals surface area contributed by atoms with Crippen molar-refractivity contribution in [2.45, 2.75) is 47.1 Å². The van der Waals surface area contributed by atoms with Crippen LogP contribution >= 0.6 is 0 Å². The summed E-state index contributed by atoms with van der Waals surface area (Å²) >= 11 is 0. The lowest BCUT2D eigenvalue weighted by atomic mass is 10.1. The SMILES string of the molecule is C=C(CNCCC)CN(CC(C)C)C(C)C. The van der Waals surface area contributed by atoms with Crippen molar-refractivity contribution in [1.82, 2.24) is 10.2 Å². The molecule has 0 unspecified atom stereocenters. The van der Waals surface area contributed by atoms with E-state index in [9.17, 15) is 0 Å². The summed E-state index contributed by atoms with van der Waals surface area (Å²) in [4.78, 5) is 2.50. The van der Waals surface area contributed by atoms with E-state index in [-0.39, 0.29) is 0 Å². The highest BCUT2D eigenvalue weighted by molar-refractivity contribution is 5.00. The van der Waals surface area contributed by atoms with E-state index < -0.39 is 0 Å². The molecule has 96 valence electrons. The summed E-state index contributed by atoms with van der Waals surface area (Å²) in [5, 5.41) is 3.41. The first-order valence-electron chi connectivity index (χ1n) is 6.58. The molecule has 0 fully saturated rings. The molecule has 0 spiro atoms. The standard InChI is InChI=1S/C14H30N2/c1-7-8-15-9-14(6)11-16(13(4)5)10-12(2)3/h12-13,15H,6-11H2,1-5H3. The van der Waals surface area contributed by atoms with E-state index in [1.807, 2.05) is 0 Å². The van der Waals surface area contributed by atoms with Gasteiger partial charge < -0.3 is 5.32 Å². The van der Waals surface area contributed by atoms with Gasteiger partial charge in [-0.05, 0) is 38.3 Å². The Hall–Kier alpha value is -0.340. The molecule has 16 heavy (non-hydrogen) atoms. The lowest BCUT2D eigenvalue weighted by Crippen LogP contribution is -2.37. The van der Waals surface area contributed by atoms with Gasteiger partial charge in [-0.2, -0.15) is 0 Å². The molecule has 0 heterocycles. The maximum absolute atomic E-state index is 4.15. The Morgan fingerprint density at radius 1 is 1.25 bits per heavy atom. The monoisotopic (exact) mass is 226 g/mol.